The molecule has 0 fully saturated rings. The van der Waals surface area contributed by atoms with Crippen molar-refractivity contribution in [3.63, 3.8) is 0 Å². The number of fused-ring (bicyclic) bond motifs is 1. The lowest BCUT2D eigenvalue weighted by Crippen LogP contribution is -2.01. The third-order valence-electron chi connectivity index (χ3n) is 3.10. The Morgan fingerprint density at radius 2 is 2.09 bits per heavy atom. The second-order valence-electron chi connectivity index (χ2n) is 4.54. The Hall–Kier alpha value is -2.73. The summed E-state index contributed by atoms with van der Waals surface area (Å²) >= 11 is 5.90. The Kier molecular flexibility index (Phi) is 3.60. The van der Waals surface area contributed by atoms with Gasteiger partial charge in [-0.15, -0.1) is 0 Å². The molecule has 0 saturated heterocycles. The summed E-state index contributed by atoms with van der Waals surface area (Å²) in [6, 6.07) is 9.67. The highest BCUT2D eigenvalue weighted by molar-refractivity contribution is 6.31. The minimum absolute atomic E-state index is 0.00450. The Balaban J connectivity index is 1.97. The number of nitrogens with zero attached hydrogens (tertiary/aromatic N) is 2. The van der Waals surface area contributed by atoms with Crippen molar-refractivity contribution in [1.82, 2.24) is 9.38 Å². The number of phenolic OH excluding ortho intramolecular Hbond substituents is 1. The molecule has 3 aromatic rings. The van der Waals surface area contributed by atoms with E-state index in [0.717, 1.165) is 0 Å². The number of hydrogen-bond acceptors (Lipinski definition) is 4. The van der Waals surface area contributed by atoms with Crippen LogP contribution in [0, 0.1) is 0 Å². The van der Waals surface area contributed by atoms with Gasteiger partial charge in [-0.25, -0.2) is 9.78 Å². The second-order valence-corrected chi connectivity index (χ2v) is 4.97. The number of para-hydroxylation sites is 2. The van der Waals surface area contributed by atoms with Gasteiger partial charge in [0.2, 0.25) is 0 Å². The molecular formula is C15H11ClN2O4. The molecular weight excluding hydrogens is 308 g/mol. The van der Waals surface area contributed by atoms with E-state index in [1.165, 1.54) is 12.1 Å². The van der Waals surface area contributed by atoms with Gasteiger partial charge in [-0.3, -0.25) is 4.40 Å². The van der Waals surface area contributed by atoms with E-state index in [1.54, 1.807) is 34.9 Å². The molecule has 0 atom stereocenters. The highest BCUT2D eigenvalue weighted by Gasteiger charge is 2.17. The Morgan fingerprint density at radius 1 is 1.32 bits per heavy atom. The van der Waals surface area contributed by atoms with E-state index in [2.05, 4.69) is 4.98 Å². The van der Waals surface area contributed by atoms with Gasteiger partial charge in [-0.2, -0.15) is 0 Å². The van der Waals surface area contributed by atoms with Crippen molar-refractivity contribution >= 4 is 23.1 Å². The number of aromatic carboxylic acids is 1. The van der Waals surface area contributed by atoms with E-state index in [-0.39, 0.29) is 18.1 Å². The largest absolute Gasteiger partial charge is 0.504 e. The topological polar surface area (TPSA) is 84.1 Å². The van der Waals surface area contributed by atoms with Crippen LogP contribution in [0.25, 0.3) is 5.52 Å². The Morgan fingerprint density at radius 3 is 2.82 bits per heavy atom. The number of benzene rings is 1. The first-order chi connectivity index (χ1) is 10.6. The zero-order chi connectivity index (χ0) is 15.7. The summed E-state index contributed by atoms with van der Waals surface area (Å²) in [6.07, 6.45) is 1.63. The molecule has 2 heterocycles. The number of halogens is 1. The molecule has 6 nitrogen and oxygen atoms in total. The maximum absolute atomic E-state index is 11.3. The zero-order valence-corrected chi connectivity index (χ0v) is 12.0. The van der Waals surface area contributed by atoms with Crippen molar-refractivity contribution in [3.05, 3.63) is 59.1 Å². The number of ether oxygens (including phenoxy) is 1. The first kappa shape index (κ1) is 14.2. The van der Waals surface area contributed by atoms with Crippen molar-refractivity contribution < 1.29 is 19.7 Å². The fraction of sp³-hybridized carbons (Fsp3) is 0.0667. The number of aromatic hydroxyl groups is 1. The van der Waals surface area contributed by atoms with Crippen LogP contribution >= 0.6 is 11.6 Å². The van der Waals surface area contributed by atoms with E-state index in [1.807, 2.05) is 0 Å². The predicted molar refractivity (Wildman–Crippen MR) is 79.6 cm³/mol. The summed E-state index contributed by atoms with van der Waals surface area (Å²) in [5, 5.41) is 19.3. The molecule has 22 heavy (non-hydrogen) atoms. The molecule has 1 aromatic carbocycles. The minimum Gasteiger partial charge on any atom is -0.504 e. The first-order valence-corrected chi connectivity index (χ1v) is 6.74. The van der Waals surface area contributed by atoms with Crippen LogP contribution < -0.4 is 4.74 Å². The molecule has 0 unspecified atom stereocenters. The van der Waals surface area contributed by atoms with Gasteiger partial charge < -0.3 is 14.9 Å². The van der Waals surface area contributed by atoms with Crippen LogP contribution in [-0.2, 0) is 6.61 Å². The molecule has 0 aliphatic carbocycles. The van der Waals surface area contributed by atoms with Crippen molar-refractivity contribution in [2.24, 2.45) is 0 Å². The highest BCUT2D eigenvalue weighted by atomic mass is 35.5. The average Bonchev–Trinajstić information content (AvgIpc) is 2.84. The number of aromatic nitrogens is 2. The number of carboxylic acid groups (broad SMARTS) is 1. The van der Waals surface area contributed by atoms with Gasteiger partial charge in [-0.1, -0.05) is 23.7 Å². The van der Waals surface area contributed by atoms with Crippen LogP contribution in [0.15, 0.2) is 42.6 Å². The summed E-state index contributed by atoms with van der Waals surface area (Å²) in [5.74, 6) is -0.448. The summed E-state index contributed by atoms with van der Waals surface area (Å²) in [4.78, 5) is 15.3. The van der Waals surface area contributed by atoms with Gasteiger partial charge in [0.25, 0.3) is 0 Å². The van der Waals surface area contributed by atoms with Gasteiger partial charge in [-0.05, 0) is 24.3 Å². The van der Waals surface area contributed by atoms with Crippen molar-refractivity contribution in [2.45, 2.75) is 6.61 Å². The third kappa shape index (κ3) is 2.56. The van der Waals surface area contributed by atoms with Crippen molar-refractivity contribution in [2.75, 3.05) is 0 Å². The van der Waals surface area contributed by atoms with Crippen LogP contribution in [-0.4, -0.2) is 25.6 Å². The Bertz CT molecular complexity index is 860. The summed E-state index contributed by atoms with van der Waals surface area (Å²) in [7, 11) is 0. The molecule has 0 aliphatic rings. The molecule has 0 saturated carbocycles. The predicted octanol–water partition coefficient (Wildman–Crippen LogP) is 2.97. The number of phenols is 1. The van der Waals surface area contributed by atoms with Gasteiger partial charge in [0.15, 0.2) is 23.0 Å². The second kappa shape index (κ2) is 5.57. The van der Waals surface area contributed by atoms with Gasteiger partial charge in [0.1, 0.15) is 6.61 Å². The zero-order valence-electron chi connectivity index (χ0n) is 11.2. The summed E-state index contributed by atoms with van der Waals surface area (Å²) in [6.45, 7) is 0.00759. The molecule has 0 bridgehead atoms. The normalized spacial score (nSPS) is 10.8. The van der Waals surface area contributed by atoms with Gasteiger partial charge >= 0.3 is 5.97 Å². The number of pyridine rings is 1. The lowest BCUT2D eigenvalue weighted by Gasteiger charge is -2.07. The van der Waals surface area contributed by atoms with E-state index >= 15 is 0 Å². The van der Waals surface area contributed by atoms with Crippen LogP contribution in [0.5, 0.6) is 11.5 Å². The van der Waals surface area contributed by atoms with E-state index in [0.29, 0.717) is 22.1 Å². The molecule has 0 spiro atoms. The minimum atomic E-state index is -1.14. The molecule has 112 valence electrons. The van der Waals surface area contributed by atoms with Crippen LogP contribution in [0.1, 0.15) is 16.3 Å². The lowest BCUT2D eigenvalue weighted by molar-refractivity contribution is 0.0693. The third-order valence-corrected chi connectivity index (χ3v) is 3.34. The number of imidazole rings is 1. The smallest absolute Gasteiger partial charge is 0.356 e. The van der Waals surface area contributed by atoms with Crippen molar-refractivity contribution in [3.8, 4) is 11.5 Å². The monoisotopic (exact) mass is 318 g/mol. The molecule has 3 rings (SSSR count). The quantitative estimate of drug-likeness (QED) is 0.772. The standard InChI is InChI=1S/C15H11ClN2O4/c16-9-5-6-18-10(7-9)14(15(20)21)17-13(18)8-22-12-4-2-1-3-11(12)19/h1-7,19H,8H2,(H,20,21). The average molecular weight is 319 g/mol. The van der Waals surface area contributed by atoms with E-state index in [9.17, 15) is 15.0 Å². The SMILES string of the molecule is O=C(O)c1nc(COc2ccccc2O)n2ccc(Cl)cc12. The molecule has 2 aromatic heterocycles. The van der Waals surface area contributed by atoms with Crippen LogP contribution in [0.4, 0.5) is 0 Å². The maximum Gasteiger partial charge on any atom is 0.356 e. The number of carboxylic acids is 1. The number of rotatable bonds is 4. The summed E-state index contributed by atoms with van der Waals surface area (Å²) in [5.41, 5.74) is 0.286. The van der Waals surface area contributed by atoms with Crippen LogP contribution in [0.2, 0.25) is 5.02 Å². The lowest BCUT2D eigenvalue weighted by atomic mass is 10.3. The van der Waals surface area contributed by atoms with Crippen LogP contribution in [0.3, 0.4) is 0 Å². The van der Waals surface area contributed by atoms with E-state index in [4.69, 9.17) is 16.3 Å². The Labute approximate surface area is 130 Å². The van der Waals surface area contributed by atoms with Crippen molar-refractivity contribution in [1.29, 1.82) is 0 Å². The number of carbonyl (C=O) groups is 1. The fourth-order valence-electron chi connectivity index (χ4n) is 2.10. The maximum atomic E-state index is 11.3. The van der Waals surface area contributed by atoms with E-state index < -0.39 is 5.97 Å². The fourth-order valence-corrected chi connectivity index (χ4v) is 2.26. The van der Waals surface area contributed by atoms with Gasteiger partial charge in [0.05, 0.1) is 5.52 Å². The molecule has 0 radical (unpaired) electrons. The van der Waals surface area contributed by atoms with Gasteiger partial charge in [0, 0.05) is 11.2 Å². The number of hydrogen-bond donors (Lipinski definition) is 2. The molecule has 2 N–H and O–H groups in total. The molecule has 0 amide bonds. The first-order valence-electron chi connectivity index (χ1n) is 6.37. The summed E-state index contributed by atoms with van der Waals surface area (Å²) < 4.78 is 7.09. The molecule has 0 aliphatic heterocycles. The molecule has 7 heteroatoms. The highest BCUT2D eigenvalue weighted by Crippen LogP contribution is 2.26.